The Morgan fingerprint density at radius 2 is 2.13 bits per heavy atom. The van der Waals surface area contributed by atoms with E-state index in [-0.39, 0.29) is 6.10 Å². The summed E-state index contributed by atoms with van der Waals surface area (Å²) in [5.74, 6) is 0. The van der Waals surface area contributed by atoms with Gasteiger partial charge in [0.1, 0.15) is 6.10 Å². The highest BCUT2D eigenvalue weighted by atomic mass is 16.5. The van der Waals surface area contributed by atoms with Crippen LogP contribution >= 0.6 is 0 Å². The van der Waals surface area contributed by atoms with Crippen LogP contribution in [0.15, 0.2) is 24.3 Å². The molecule has 0 saturated carbocycles. The zero-order chi connectivity index (χ0) is 10.8. The van der Waals surface area contributed by atoms with E-state index >= 15 is 0 Å². The van der Waals surface area contributed by atoms with Crippen molar-refractivity contribution >= 4 is 11.4 Å². The average Bonchev–Trinajstić information content (AvgIpc) is 2.60. The molecular formula is C11H16N2O2. The molecule has 2 unspecified atom stereocenters. The maximum Gasteiger partial charge on any atom is 0.102 e. The van der Waals surface area contributed by atoms with Gasteiger partial charge in [0, 0.05) is 20.2 Å². The van der Waals surface area contributed by atoms with E-state index in [4.69, 9.17) is 10.5 Å². The van der Waals surface area contributed by atoms with Crippen LogP contribution in [-0.4, -0.2) is 37.5 Å². The number of methoxy groups -OCH3 is 1. The van der Waals surface area contributed by atoms with E-state index in [0.29, 0.717) is 13.1 Å². The maximum atomic E-state index is 9.70. The maximum absolute atomic E-state index is 9.70. The van der Waals surface area contributed by atoms with Crippen molar-refractivity contribution in [3.63, 3.8) is 0 Å². The van der Waals surface area contributed by atoms with Gasteiger partial charge in [-0.05, 0) is 12.1 Å². The summed E-state index contributed by atoms with van der Waals surface area (Å²) in [5, 5.41) is 9.70. The lowest BCUT2D eigenvalue weighted by Gasteiger charge is -2.19. The molecule has 2 rings (SSSR count). The Morgan fingerprint density at radius 3 is 2.73 bits per heavy atom. The highest BCUT2D eigenvalue weighted by Gasteiger charge is 2.31. The van der Waals surface area contributed by atoms with E-state index in [2.05, 4.69) is 0 Å². The molecule has 0 aliphatic carbocycles. The van der Waals surface area contributed by atoms with E-state index in [9.17, 15) is 5.11 Å². The number of para-hydroxylation sites is 2. The van der Waals surface area contributed by atoms with Crippen molar-refractivity contribution < 1.29 is 9.84 Å². The third-order valence-electron chi connectivity index (χ3n) is 2.82. The number of benzene rings is 1. The summed E-state index contributed by atoms with van der Waals surface area (Å²) in [6.45, 7) is 1.26. The van der Waals surface area contributed by atoms with Gasteiger partial charge < -0.3 is 20.5 Å². The number of nitrogens with two attached hydrogens (primary N) is 1. The van der Waals surface area contributed by atoms with Crippen molar-refractivity contribution in [3.05, 3.63) is 24.3 Å². The molecule has 0 amide bonds. The molecule has 15 heavy (non-hydrogen) atoms. The molecule has 0 radical (unpaired) electrons. The first-order valence-corrected chi connectivity index (χ1v) is 5.02. The molecule has 4 heteroatoms. The topological polar surface area (TPSA) is 58.7 Å². The second kappa shape index (κ2) is 4.08. The minimum Gasteiger partial charge on any atom is -0.397 e. The zero-order valence-corrected chi connectivity index (χ0v) is 8.76. The zero-order valence-electron chi connectivity index (χ0n) is 8.76. The van der Waals surface area contributed by atoms with Crippen molar-refractivity contribution in [1.82, 2.24) is 0 Å². The van der Waals surface area contributed by atoms with Gasteiger partial charge in [-0.3, -0.25) is 0 Å². The summed E-state index contributed by atoms with van der Waals surface area (Å²) in [6, 6.07) is 7.67. The fraction of sp³-hybridized carbons (Fsp3) is 0.455. The van der Waals surface area contributed by atoms with Gasteiger partial charge in [-0.2, -0.15) is 0 Å². The second-order valence-corrected chi connectivity index (χ2v) is 3.81. The normalized spacial score (nSPS) is 25.9. The second-order valence-electron chi connectivity index (χ2n) is 3.81. The van der Waals surface area contributed by atoms with Gasteiger partial charge in [0.15, 0.2) is 0 Å². The van der Waals surface area contributed by atoms with E-state index < -0.39 is 6.10 Å². The lowest BCUT2D eigenvalue weighted by atomic mass is 10.2. The van der Waals surface area contributed by atoms with Gasteiger partial charge in [0.2, 0.25) is 0 Å². The standard InChI is InChI=1S/C11H16N2O2/c1-15-11-7-13(6-10(11)14)9-5-3-2-4-8(9)12/h2-5,10-11,14H,6-7,12H2,1H3. The van der Waals surface area contributed by atoms with E-state index in [1.807, 2.05) is 29.2 Å². The molecule has 1 fully saturated rings. The highest BCUT2D eigenvalue weighted by molar-refractivity contribution is 5.67. The summed E-state index contributed by atoms with van der Waals surface area (Å²) in [6.07, 6.45) is -0.556. The first-order chi connectivity index (χ1) is 7.22. The van der Waals surface area contributed by atoms with Gasteiger partial charge in [-0.25, -0.2) is 0 Å². The molecule has 2 atom stereocenters. The number of hydrogen-bond acceptors (Lipinski definition) is 4. The number of nitrogens with zero attached hydrogens (tertiary/aromatic N) is 1. The van der Waals surface area contributed by atoms with Crippen LogP contribution in [0.3, 0.4) is 0 Å². The molecule has 3 N–H and O–H groups in total. The minimum atomic E-state index is -0.436. The average molecular weight is 208 g/mol. The summed E-state index contributed by atoms with van der Waals surface area (Å²) < 4.78 is 5.18. The Bertz CT molecular complexity index is 343. The fourth-order valence-electron chi connectivity index (χ4n) is 1.96. The number of ether oxygens (including phenoxy) is 1. The number of aliphatic hydroxyl groups excluding tert-OH is 1. The third kappa shape index (κ3) is 1.91. The molecule has 82 valence electrons. The fourth-order valence-corrected chi connectivity index (χ4v) is 1.96. The molecule has 1 aliphatic rings. The summed E-state index contributed by atoms with van der Waals surface area (Å²) in [7, 11) is 1.62. The molecule has 4 nitrogen and oxygen atoms in total. The van der Waals surface area contributed by atoms with Crippen molar-refractivity contribution in [2.75, 3.05) is 30.8 Å². The quantitative estimate of drug-likeness (QED) is 0.693. The predicted octanol–water partition coefficient (Wildman–Crippen LogP) is 0.465. The Morgan fingerprint density at radius 1 is 1.40 bits per heavy atom. The predicted molar refractivity (Wildman–Crippen MR) is 59.9 cm³/mol. The van der Waals surface area contributed by atoms with Crippen LogP contribution in [0.1, 0.15) is 0 Å². The number of aliphatic hydroxyl groups is 1. The Hall–Kier alpha value is -1.26. The summed E-state index contributed by atoms with van der Waals surface area (Å²) in [5.41, 5.74) is 7.57. The van der Waals surface area contributed by atoms with Crippen LogP contribution in [0.2, 0.25) is 0 Å². The lowest BCUT2D eigenvalue weighted by Crippen LogP contribution is -2.25. The van der Waals surface area contributed by atoms with Crippen LogP contribution in [0.5, 0.6) is 0 Å². The molecule has 0 aromatic heterocycles. The van der Waals surface area contributed by atoms with Gasteiger partial charge in [0.25, 0.3) is 0 Å². The molecule has 0 bridgehead atoms. The van der Waals surface area contributed by atoms with Crippen LogP contribution in [0.4, 0.5) is 11.4 Å². The van der Waals surface area contributed by atoms with Gasteiger partial charge >= 0.3 is 0 Å². The van der Waals surface area contributed by atoms with Crippen molar-refractivity contribution in [2.24, 2.45) is 0 Å². The van der Waals surface area contributed by atoms with Crippen LogP contribution in [0.25, 0.3) is 0 Å². The van der Waals surface area contributed by atoms with Crippen molar-refractivity contribution in [3.8, 4) is 0 Å². The number of β-amino-alcohol motifs (C(OH)–C–C–N with tert-alkyl or cyclic N) is 1. The van der Waals surface area contributed by atoms with Crippen molar-refractivity contribution in [2.45, 2.75) is 12.2 Å². The number of rotatable bonds is 2. The monoisotopic (exact) mass is 208 g/mol. The van der Waals surface area contributed by atoms with Crippen LogP contribution < -0.4 is 10.6 Å². The number of anilines is 2. The first kappa shape index (κ1) is 10.3. The van der Waals surface area contributed by atoms with E-state index in [1.165, 1.54) is 0 Å². The van der Waals surface area contributed by atoms with Crippen LogP contribution in [-0.2, 0) is 4.74 Å². The van der Waals surface area contributed by atoms with E-state index in [0.717, 1.165) is 11.4 Å². The van der Waals surface area contributed by atoms with Gasteiger partial charge in [-0.1, -0.05) is 12.1 Å². The Balaban J connectivity index is 2.17. The summed E-state index contributed by atoms with van der Waals surface area (Å²) in [4.78, 5) is 2.05. The Kier molecular flexibility index (Phi) is 2.79. The Labute approximate surface area is 89.3 Å². The molecule has 1 heterocycles. The van der Waals surface area contributed by atoms with E-state index in [1.54, 1.807) is 7.11 Å². The molecule has 1 saturated heterocycles. The molecular weight excluding hydrogens is 192 g/mol. The number of hydrogen-bond donors (Lipinski definition) is 2. The van der Waals surface area contributed by atoms with Crippen LogP contribution in [0, 0.1) is 0 Å². The SMILES string of the molecule is COC1CN(c2ccccc2N)CC1O. The molecule has 1 aromatic rings. The van der Waals surface area contributed by atoms with Crippen molar-refractivity contribution in [1.29, 1.82) is 0 Å². The molecule has 0 spiro atoms. The largest absolute Gasteiger partial charge is 0.397 e. The van der Waals surface area contributed by atoms with Gasteiger partial charge in [0.05, 0.1) is 17.5 Å². The number of nitrogen functional groups attached to an aromatic ring is 1. The smallest absolute Gasteiger partial charge is 0.102 e. The third-order valence-corrected chi connectivity index (χ3v) is 2.82. The minimum absolute atomic E-state index is 0.121. The lowest BCUT2D eigenvalue weighted by molar-refractivity contribution is 0.0217. The first-order valence-electron chi connectivity index (χ1n) is 5.02. The highest BCUT2D eigenvalue weighted by Crippen LogP contribution is 2.26. The summed E-state index contributed by atoms with van der Waals surface area (Å²) >= 11 is 0. The molecule has 1 aromatic carbocycles. The molecule has 1 aliphatic heterocycles. The van der Waals surface area contributed by atoms with Gasteiger partial charge in [-0.15, -0.1) is 0 Å².